The van der Waals surface area contributed by atoms with Crippen LogP contribution in [0.15, 0.2) is 71.8 Å². The lowest BCUT2D eigenvalue weighted by Gasteiger charge is -2.30. The normalized spacial score (nSPS) is 17.8. The van der Waals surface area contributed by atoms with Crippen LogP contribution in [0.4, 0.5) is 0 Å². The molecule has 2 aromatic carbocycles. The standard InChI is InChI=1S/C28H28N2O3S2/c1-19-7-5-8-20(17-19)27-25-10-6-16-29(25)28-24(23-9-3-4-11-26(23)34-28)18-30(27)35(31,32)22-14-12-21(33-2)13-15-22/h5-8,10,12-17,27H,3-4,9,11,18H2,1-2H3/t27-/m0/s1. The molecule has 2 aromatic heterocycles. The Labute approximate surface area is 210 Å². The van der Waals surface area contributed by atoms with Crippen LogP contribution in [-0.4, -0.2) is 24.4 Å². The van der Waals surface area contributed by atoms with Crippen molar-refractivity contribution in [3.05, 3.63) is 99.7 Å². The smallest absolute Gasteiger partial charge is 0.244 e. The third kappa shape index (κ3) is 3.73. The number of aromatic nitrogens is 1. The zero-order valence-electron chi connectivity index (χ0n) is 19.9. The number of fused-ring (bicyclic) bond motifs is 5. The fourth-order valence-electron chi connectivity index (χ4n) is 5.46. The van der Waals surface area contributed by atoms with E-state index in [1.54, 1.807) is 35.7 Å². The molecule has 0 saturated heterocycles. The van der Waals surface area contributed by atoms with Gasteiger partial charge in [0.25, 0.3) is 0 Å². The number of hydrogen-bond acceptors (Lipinski definition) is 4. The van der Waals surface area contributed by atoms with Crippen molar-refractivity contribution in [1.29, 1.82) is 0 Å². The second-order valence-corrected chi connectivity index (χ2v) is 12.3. The minimum absolute atomic E-state index is 0.279. The molecule has 7 heteroatoms. The lowest BCUT2D eigenvalue weighted by atomic mass is 9.95. The molecule has 0 N–H and O–H groups in total. The molecular formula is C28H28N2O3S2. The molecule has 0 fully saturated rings. The van der Waals surface area contributed by atoms with Gasteiger partial charge < -0.3 is 9.30 Å². The molecule has 35 heavy (non-hydrogen) atoms. The fraction of sp³-hybridized carbons (Fsp3) is 0.286. The van der Waals surface area contributed by atoms with Gasteiger partial charge >= 0.3 is 0 Å². The number of nitrogens with zero attached hydrogens (tertiary/aromatic N) is 2. The van der Waals surface area contributed by atoms with E-state index in [4.69, 9.17) is 4.74 Å². The molecule has 180 valence electrons. The van der Waals surface area contributed by atoms with Gasteiger partial charge in [0.2, 0.25) is 10.0 Å². The number of aryl methyl sites for hydroxylation is 2. The first-order valence-corrected chi connectivity index (χ1v) is 14.3. The van der Waals surface area contributed by atoms with E-state index in [2.05, 4.69) is 35.9 Å². The average Bonchev–Trinajstić information content (AvgIpc) is 3.46. The third-order valence-electron chi connectivity index (χ3n) is 7.16. The summed E-state index contributed by atoms with van der Waals surface area (Å²) in [6.07, 6.45) is 6.54. The summed E-state index contributed by atoms with van der Waals surface area (Å²) in [7, 11) is -2.23. The topological polar surface area (TPSA) is 51.5 Å². The second-order valence-electron chi connectivity index (χ2n) is 9.34. The molecule has 1 atom stereocenters. The first-order valence-electron chi connectivity index (χ1n) is 12.0. The molecule has 1 aliphatic heterocycles. The van der Waals surface area contributed by atoms with Crippen LogP contribution in [0.3, 0.4) is 0 Å². The van der Waals surface area contributed by atoms with E-state index in [0.29, 0.717) is 12.3 Å². The van der Waals surface area contributed by atoms with Gasteiger partial charge in [-0.25, -0.2) is 8.42 Å². The molecule has 0 saturated carbocycles. The van der Waals surface area contributed by atoms with Gasteiger partial charge in [0.15, 0.2) is 0 Å². The van der Waals surface area contributed by atoms with Crippen LogP contribution in [0, 0.1) is 6.92 Å². The first-order chi connectivity index (χ1) is 17.0. The molecular weight excluding hydrogens is 476 g/mol. The largest absolute Gasteiger partial charge is 0.497 e. The predicted octanol–water partition coefficient (Wildman–Crippen LogP) is 6.03. The van der Waals surface area contributed by atoms with E-state index in [-0.39, 0.29) is 4.90 Å². The third-order valence-corrected chi connectivity index (χ3v) is 10.3. The van der Waals surface area contributed by atoms with Crippen LogP contribution in [0.1, 0.15) is 51.7 Å². The molecule has 2 aliphatic rings. The number of thiophene rings is 1. The number of ether oxygens (including phenoxy) is 1. The number of rotatable bonds is 4. The van der Waals surface area contributed by atoms with E-state index >= 15 is 0 Å². The molecule has 0 unspecified atom stereocenters. The van der Waals surface area contributed by atoms with Crippen molar-refractivity contribution in [2.75, 3.05) is 7.11 Å². The van der Waals surface area contributed by atoms with Gasteiger partial charge in [-0.3, -0.25) is 0 Å². The van der Waals surface area contributed by atoms with Crippen molar-refractivity contribution in [3.63, 3.8) is 0 Å². The molecule has 1 aliphatic carbocycles. The highest BCUT2D eigenvalue weighted by Crippen LogP contribution is 2.45. The van der Waals surface area contributed by atoms with Crippen molar-refractivity contribution in [3.8, 4) is 10.8 Å². The van der Waals surface area contributed by atoms with Crippen molar-refractivity contribution >= 4 is 21.4 Å². The number of hydrogen-bond donors (Lipinski definition) is 0. The Morgan fingerprint density at radius 3 is 2.54 bits per heavy atom. The number of benzene rings is 2. The van der Waals surface area contributed by atoms with Gasteiger partial charge in [-0.15, -0.1) is 11.3 Å². The Kier molecular flexibility index (Phi) is 5.59. The Morgan fingerprint density at radius 2 is 1.77 bits per heavy atom. The Balaban J connectivity index is 1.59. The Hall–Kier alpha value is -2.87. The maximum atomic E-state index is 14.3. The minimum atomic E-state index is -3.82. The summed E-state index contributed by atoms with van der Waals surface area (Å²) in [5.41, 5.74) is 5.58. The molecule has 4 aromatic rings. The highest BCUT2D eigenvalue weighted by atomic mass is 32.2. The van der Waals surface area contributed by atoms with E-state index in [1.165, 1.54) is 21.9 Å². The zero-order chi connectivity index (χ0) is 24.2. The lowest BCUT2D eigenvalue weighted by molar-refractivity contribution is 0.352. The van der Waals surface area contributed by atoms with E-state index in [0.717, 1.165) is 41.6 Å². The van der Waals surface area contributed by atoms with Crippen molar-refractivity contribution in [1.82, 2.24) is 8.87 Å². The highest BCUT2D eigenvalue weighted by Gasteiger charge is 2.40. The SMILES string of the molecule is COc1ccc(S(=O)(=O)N2Cc3c(sc4c3CCCC4)-n3cccc3[C@@H]2c2cccc(C)c2)cc1. The zero-order valence-corrected chi connectivity index (χ0v) is 21.5. The summed E-state index contributed by atoms with van der Waals surface area (Å²) in [5, 5.41) is 1.17. The van der Waals surface area contributed by atoms with Crippen LogP contribution >= 0.6 is 11.3 Å². The van der Waals surface area contributed by atoms with Crippen LogP contribution in [0.25, 0.3) is 5.00 Å². The predicted molar refractivity (Wildman–Crippen MR) is 139 cm³/mol. The van der Waals surface area contributed by atoms with Crippen LogP contribution in [-0.2, 0) is 29.4 Å². The average molecular weight is 505 g/mol. The number of methoxy groups -OCH3 is 1. The van der Waals surface area contributed by atoms with Crippen LogP contribution < -0.4 is 4.74 Å². The van der Waals surface area contributed by atoms with Crippen LogP contribution in [0.2, 0.25) is 0 Å². The van der Waals surface area contributed by atoms with Gasteiger partial charge in [0.05, 0.1) is 18.0 Å². The fourth-order valence-corrected chi connectivity index (χ4v) is 8.42. The Bertz CT molecular complexity index is 1500. The summed E-state index contributed by atoms with van der Waals surface area (Å²) in [6, 6.07) is 18.6. The summed E-state index contributed by atoms with van der Waals surface area (Å²) >= 11 is 1.84. The second kappa shape index (κ2) is 8.66. The quantitative estimate of drug-likeness (QED) is 0.341. The number of sulfonamides is 1. The maximum Gasteiger partial charge on any atom is 0.244 e. The van der Waals surface area contributed by atoms with Gasteiger partial charge in [-0.1, -0.05) is 29.8 Å². The molecule has 0 bridgehead atoms. The van der Waals surface area contributed by atoms with E-state index in [9.17, 15) is 8.42 Å². The molecule has 5 nitrogen and oxygen atoms in total. The summed E-state index contributed by atoms with van der Waals surface area (Å²) in [6.45, 7) is 2.41. The first kappa shape index (κ1) is 22.6. The van der Waals surface area contributed by atoms with Gasteiger partial charge in [-0.05, 0) is 80.1 Å². The van der Waals surface area contributed by atoms with Gasteiger partial charge in [0.1, 0.15) is 10.8 Å². The summed E-state index contributed by atoms with van der Waals surface area (Å²) in [4.78, 5) is 1.69. The lowest BCUT2D eigenvalue weighted by Crippen LogP contribution is -2.35. The van der Waals surface area contributed by atoms with Crippen LogP contribution in [0.5, 0.6) is 5.75 Å². The maximum absolute atomic E-state index is 14.3. The van der Waals surface area contributed by atoms with Crippen molar-refractivity contribution < 1.29 is 13.2 Å². The highest BCUT2D eigenvalue weighted by molar-refractivity contribution is 7.89. The van der Waals surface area contributed by atoms with E-state index in [1.807, 2.05) is 29.5 Å². The van der Waals surface area contributed by atoms with Gasteiger partial charge in [-0.2, -0.15) is 4.31 Å². The Morgan fingerprint density at radius 1 is 0.971 bits per heavy atom. The molecule has 0 radical (unpaired) electrons. The van der Waals surface area contributed by atoms with Gasteiger partial charge in [0, 0.05) is 28.9 Å². The molecule has 0 amide bonds. The van der Waals surface area contributed by atoms with E-state index < -0.39 is 16.1 Å². The monoisotopic (exact) mass is 504 g/mol. The van der Waals surface area contributed by atoms with Crippen molar-refractivity contribution in [2.24, 2.45) is 0 Å². The molecule has 6 rings (SSSR count). The summed E-state index contributed by atoms with van der Waals surface area (Å²) < 4.78 is 37.9. The molecule has 3 heterocycles. The van der Waals surface area contributed by atoms with Crippen molar-refractivity contribution in [2.45, 2.75) is 50.1 Å². The minimum Gasteiger partial charge on any atom is -0.497 e. The summed E-state index contributed by atoms with van der Waals surface area (Å²) in [5.74, 6) is 0.637. The molecule has 0 spiro atoms.